The Labute approximate surface area is 173 Å². The van der Waals surface area contributed by atoms with Crippen molar-refractivity contribution >= 4 is 34.2 Å². The second-order valence-electron chi connectivity index (χ2n) is 7.13. The summed E-state index contributed by atoms with van der Waals surface area (Å²) in [5.74, 6) is -3.88. The number of ether oxygens (including phenoxy) is 1. The van der Waals surface area contributed by atoms with E-state index in [1.165, 1.54) is 18.4 Å². The van der Waals surface area contributed by atoms with Gasteiger partial charge >= 0.3 is 5.97 Å². The molecule has 2 aromatic rings. The van der Waals surface area contributed by atoms with Crippen LogP contribution in [0.2, 0.25) is 0 Å². The number of allylic oxidation sites excluding steroid dienone is 2. The maximum Gasteiger partial charge on any atom is 0.341 e. The summed E-state index contributed by atoms with van der Waals surface area (Å²) in [5, 5.41) is 16.3. The van der Waals surface area contributed by atoms with E-state index in [2.05, 4.69) is 5.32 Å². The number of carboxylic acids is 1. The van der Waals surface area contributed by atoms with E-state index in [9.17, 15) is 19.5 Å². The van der Waals surface area contributed by atoms with Crippen LogP contribution in [0.4, 0.5) is 5.00 Å². The molecular weight excluding hydrogens is 390 g/mol. The quantitative estimate of drug-likeness (QED) is 0.601. The molecule has 1 amide bonds. The van der Waals surface area contributed by atoms with Crippen LogP contribution in [0, 0.1) is 25.7 Å². The molecule has 1 heterocycles. The Morgan fingerprint density at radius 2 is 1.79 bits per heavy atom. The molecule has 3 rings (SSSR count). The van der Waals surface area contributed by atoms with Gasteiger partial charge in [0.25, 0.3) is 0 Å². The molecule has 6 nitrogen and oxygen atoms in total. The van der Waals surface area contributed by atoms with Crippen molar-refractivity contribution < 1.29 is 24.2 Å². The molecule has 0 saturated heterocycles. The number of aryl methyl sites for hydroxylation is 2. The predicted octanol–water partition coefficient (Wildman–Crippen LogP) is 3.09. The molecule has 0 bridgehead atoms. The molecule has 0 fully saturated rings. The van der Waals surface area contributed by atoms with Crippen LogP contribution in [-0.4, -0.2) is 25.0 Å². The van der Waals surface area contributed by atoms with Gasteiger partial charge in [0.2, 0.25) is 5.91 Å². The third-order valence-electron chi connectivity index (χ3n) is 5.17. The summed E-state index contributed by atoms with van der Waals surface area (Å²) in [5.41, 5.74) is 3.87. The third-order valence-corrected chi connectivity index (χ3v) is 6.07. The summed E-state index contributed by atoms with van der Waals surface area (Å²) < 4.78 is 4.96. The summed E-state index contributed by atoms with van der Waals surface area (Å²) in [7, 11) is 1.29. The van der Waals surface area contributed by atoms with Crippen molar-refractivity contribution in [3.05, 3.63) is 52.4 Å². The lowest BCUT2D eigenvalue weighted by Gasteiger charge is -2.28. The first-order valence-electron chi connectivity index (χ1n) is 9.27. The number of carbonyl (C=O) groups is 3. The summed E-state index contributed by atoms with van der Waals surface area (Å²) >= 11 is 1.22. The number of hydrogen-bond donors (Lipinski definition) is 1. The minimum atomic E-state index is -1.25. The number of rotatable bonds is 5. The molecule has 0 unspecified atom stereocenters. The molecule has 0 aliphatic heterocycles. The summed E-state index contributed by atoms with van der Waals surface area (Å²) in [6.07, 6.45) is 4.10. The summed E-state index contributed by atoms with van der Waals surface area (Å²) in [6.45, 7) is 3.91. The Balaban J connectivity index is 1.98. The fourth-order valence-electron chi connectivity index (χ4n) is 3.55. The topological polar surface area (TPSA) is 95.5 Å². The first kappa shape index (κ1) is 20.8. The number of anilines is 1. The smallest absolute Gasteiger partial charge is 0.341 e. The zero-order valence-corrected chi connectivity index (χ0v) is 17.3. The van der Waals surface area contributed by atoms with Crippen LogP contribution < -0.4 is 10.4 Å². The van der Waals surface area contributed by atoms with Gasteiger partial charge in [0.15, 0.2) is 0 Å². The average Bonchev–Trinajstić information content (AvgIpc) is 3.12. The van der Waals surface area contributed by atoms with E-state index in [1.54, 1.807) is 17.5 Å². The number of aliphatic carboxylic acids is 1. The SMILES string of the molecule is COC(=O)c1c(-c2cc(C)ccc2C)csc1NC(=O)[C@@H]1CC=CC[C@H]1C(=O)[O-]. The number of methoxy groups -OCH3 is 1. The third kappa shape index (κ3) is 4.24. The Hall–Kier alpha value is -2.93. The van der Waals surface area contributed by atoms with Gasteiger partial charge in [0.1, 0.15) is 10.6 Å². The fraction of sp³-hybridized carbons (Fsp3) is 0.318. The van der Waals surface area contributed by atoms with E-state index < -0.39 is 29.7 Å². The van der Waals surface area contributed by atoms with Crippen LogP contribution in [0.3, 0.4) is 0 Å². The molecule has 1 aromatic heterocycles. The lowest BCUT2D eigenvalue weighted by atomic mass is 9.82. The van der Waals surface area contributed by atoms with Crippen molar-refractivity contribution in [2.24, 2.45) is 11.8 Å². The molecule has 7 heteroatoms. The van der Waals surface area contributed by atoms with Gasteiger partial charge < -0.3 is 20.0 Å². The van der Waals surface area contributed by atoms with Crippen LogP contribution in [0.5, 0.6) is 0 Å². The van der Waals surface area contributed by atoms with Crippen LogP contribution in [-0.2, 0) is 14.3 Å². The van der Waals surface area contributed by atoms with E-state index in [4.69, 9.17) is 4.74 Å². The van der Waals surface area contributed by atoms with Gasteiger partial charge in [-0.15, -0.1) is 11.3 Å². The van der Waals surface area contributed by atoms with Crippen molar-refractivity contribution in [1.82, 2.24) is 0 Å². The largest absolute Gasteiger partial charge is 0.550 e. The highest BCUT2D eigenvalue weighted by atomic mass is 32.1. The van der Waals surface area contributed by atoms with Gasteiger partial charge in [0.05, 0.1) is 13.0 Å². The van der Waals surface area contributed by atoms with Crippen molar-refractivity contribution in [2.75, 3.05) is 12.4 Å². The Bertz CT molecular complexity index is 991. The lowest BCUT2D eigenvalue weighted by Crippen LogP contribution is -2.41. The summed E-state index contributed by atoms with van der Waals surface area (Å²) in [4.78, 5) is 36.8. The van der Waals surface area contributed by atoms with Crippen molar-refractivity contribution in [1.29, 1.82) is 0 Å². The van der Waals surface area contributed by atoms with Crippen LogP contribution >= 0.6 is 11.3 Å². The molecule has 0 radical (unpaired) electrons. The number of hydrogen-bond acceptors (Lipinski definition) is 6. The van der Waals surface area contributed by atoms with Gasteiger partial charge in [-0.3, -0.25) is 4.79 Å². The Morgan fingerprint density at radius 1 is 1.10 bits per heavy atom. The monoisotopic (exact) mass is 412 g/mol. The molecule has 152 valence electrons. The standard InChI is InChI=1S/C22H23NO5S/c1-12-8-9-13(2)16(10-12)17-11-29-20(18(17)22(27)28-3)23-19(24)14-6-4-5-7-15(14)21(25)26/h4-5,8-11,14-15H,6-7H2,1-3H3,(H,23,24)(H,25,26)/p-1/t14-,15-/m1/s1. The molecule has 0 saturated carbocycles. The molecule has 2 atom stereocenters. The highest BCUT2D eigenvalue weighted by Crippen LogP contribution is 2.38. The molecule has 29 heavy (non-hydrogen) atoms. The number of benzene rings is 1. The lowest BCUT2D eigenvalue weighted by molar-refractivity contribution is -0.313. The van der Waals surface area contributed by atoms with Crippen LogP contribution in [0.25, 0.3) is 11.1 Å². The average molecular weight is 412 g/mol. The fourth-order valence-corrected chi connectivity index (χ4v) is 4.50. The van der Waals surface area contributed by atoms with E-state index >= 15 is 0 Å². The van der Waals surface area contributed by atoms with Crippen LogP contribution in [0.15, 0.2) is 35.7 Å². The normalized spacial score (nSPS) is 18.3. The molecule has 1 aliphatic carbocycles. The highest BCUT2D eigenvalue weighted by molar-refractivity contribution is 7.15. The molecular formula is C22H22NO5S-. The van der Waals surface area contributed by atoms with Gasteiger partial charge in [-0.05, 0) is 37.8 Å². The number of nitrogens with one attached hydrogen (secondary N) is 1. The van der Waals surface area contributed by atoms with Gasteiger partial charge in [-0.25, -0.2) is 4.79 Å². The molecule has 1 N–H and O–H groups in total. The zero-order valence-electron chi connectivity index (χ0n) is 16.5. The predicted molar refractivity (Wildman–Crippen MR) is 110 cm³/mol. The Kier molecular flexibility index (Phi) is 6.17. The second kappa shape index (κ2) is 8.61. The second-order valence-corrected chi connectivity index (χ2v) is 8.01. The van der Waals surface area contributed by atoms with Gasteiger partial charge in [0, 0.05) is 22.8 Å². The maximum atomic E-state index is 12.8. The van der Waals surface area contributed by atoms with E-state index in [1.807, 2.05) is 32.0 Å². The van der Waals surface area contributed by atoms with Crippen molar-refractivity contribution in [2.45, 2.75) is 26.7 Å². The van der Waals surface area contributed by atoms with E-state index in [0.29, 0.717) is 17.0 Å². The van der Waals surface area contributed by atoms with Crippen molar-refractivity contribution in [3.63, 3.8) is 0 Å². The maximum absolute atomic E-state index is 12.8. The van der Waals surface area contributed by atoms with E-state index in [0.717, 1.165) is 16.7 Å². The number of thiophene rings is 1. The van der Waals surface area contributed by atoms with Crippen molar-refractivity contribution in [3.8, 4) is 11.1 Å². The highest BCUT2D eigenvalue weighted by Gasteiger charge is 2.31. The number of esters is 1. The number of carboxylic acid groups (broad SMARTS) is 1. The molecule has 0 spiro atoms. The van der Waals surface area contributed by atoms with Gasteiger partial charge in [-0.1, -0.05) is 35.9 Å². The Morgan fingerprint density at radius 3 is 2.45 bits per heavy atom. The van der Waals surface area contributed by atoms with Gasteiger partial charge in [-0.2, -0.15) is 0 Å². The minimum absolute atomic E-state index is 0.252. The van der Waals surface area contributed by atoms with E-state index in [-0.39, 0.29) is 12.0 Å². The number of carbonyl (C=O) groups excluding carboxylic acids is 3. The van der Waals surface area contributed by atoms with Crippen LogP contribution in [0.1, 0.15) is 34.3 Å². The first-order valence-corrected chi connectivity index (χ1v) is 10.2. The first-order chi connectivity index (χ1) is 13.8. The minimum Gasteiger partial charge on any atom is -0.550 e. The molecule has 1 aliphatic rings. The molecule has 1 aromatic carbocycles. The number of amides is 1. The zero-order chi connectivity index (χ0) is 21.1. The summed E-state index contributed by atoms with van der Waals surface area (Å²) in [6, 6.07) is 5.94.